The van der Waals surface area contributed by atoms with Gasteiger partial charge in [-0.2, -0.15) is 15.4 Å². The average molecular weight is 305 g/mol. The van der Waals surface area contributed by atoms with Gasteiger partial charge in [-0.1, -0.05) is 6.07 Å². The Kier molecular flexibility index (Phi) is 4.95. The number of hydrogen-bond donors (Lipinski definition) is 2. The number of rotatable bonds is 7. The van der Waals surface area contributed by atoms with Gasteiger partial charge in [0.15, 0.2) is 17.2 Å². The topological polar surface area (TPSA) is 106 Å². The maximum Gasteiger partial charge on any atom is 0.271 e. The molecule has 8 nitrogen and oxygen atoms in total. The predicted octanol–water partition coefficient (Wildman–Crippen LogP) is 0.520. The van der Waals surface area contributed by atoms with Crippen molar-refractivity contribution < 1.29 is 14.3 Å². The van der Waals surface area contributed by atoms with Crippen LogP contribution in [0.15, 0.2) is 18.2 Å². The van der Waals surface area contributed by atoms with Gasteiger partial charge < -0.3 is 20.1 Å². The molecule has 0 unspecified atom stereocenters. The molecule has 0 aliphatic carbocycles. The third-order valence-corrected chi connectivity index (χ3v) is 3.02. The van der Waals surface area contributed by atoms with E-state index in [0.29, 0.717) is 29.4 Å². The number of para-hydroxylation sites is 1. The van der Waals surface area contributed by atoms with Gasteiger partial charge in [0.2, 0.25) is 0 Å². The molecule has 0 saturated heterocycles. The lowest BCUT2D eigenvalue weighted by Crippen LogP contribution is -2.20. The number of nitrogens with two attached hydrogens (primary N) is 1. The molecule has 0 aliphatic rings. The number of benzene rings is 1. The Balaban J connectivity index is 2.42. The number of nitrogens with one attached hydrogen (secondary N) is 1. The summed E-state index contributed by atoms with van der Waals surface area (Å²) in [5, 5.41) is 10.2. The van der Waals surface area contributed by atoms with Crippen LogP contribution in [0, 0.1) is 0 Å². The zero-order chi connectivity index (χ0) is 16.1. The number of likely N-dealkylation sites (N-methyl/N-ethyl adjacent to an activating group) is 1. The molecule has 1 aromatic carbocycles. The number of H-pyrrole nitrogens is 1. The summed E-state index contributed by atoms with van der Waals surface area (Å²) in [4.78, 5) is 13.4. The summed E-state index contributed by atoms with van der Waals surface area (Å²) in [6, 6.07) is 5.34. The second-order valence-electron chi connectivity index (χ2n) is 4.87. The number of aromatic nitrogens is 3. The standard InChI is InChI=1S/C14H19N5O3/c1-19(2)7-8-22-13-9(5-4-6-10(13)21-3)11-12(14(15)20)17-18-16-11/h4-6H,7-8H2,1-3H3,(H2,15,20)(H,16,17,18). The number of aromatic amines is 1. The highest BCUT2D eigenvalue weighted by Gasteiger charge is 2.21. The molecule has 2 rings (SSSR count). The van der Waals surface area contributed by atoms with E-state index < -0.39 is 5.91 Å². The Bertz CT molecular complexity index is 654. The molecule has 0 radical (unpaired) electrons. The van der Waals surface area contributed by atoms with E-state index in [2.05, 4.69) is 15.4 Å². The predicted molar refractivity (Wildman–Crippen MR) is 80.9 cm³/mol. The fourth-order valence-corrected chi connectivity index (χ4v) is 1.93. The van der Waals surface area contributed by atoms with Crippen molar-refractivity contribution in [1.82, 2.24) is 20.3 Å². The maximum atomic E-state index is 11.4. The largest absolute Gasteiger partial charge is 0.493 e. The van der Waals surface area contributed by atoms with Crippen LogP contribution in [0.4, 0.5) is 0 Å². The minimum atomic E-state index is -0.661. The van der Waals surface area contributed by atoms with Crippen LogP contribution >= 0.6 is 0 Å². The number of amides is 1. The minimum Gasteiger partial charge on any atom is -0.493 e. The Morgan fingerprint density at radius 3 is 2.77 bits per heavy atom. The maximum absolute atomic E-state index is 11.4. The number of hydrogen-bond acceptors (Lipinski definition) is 6. The highest BCUT2D eigenvalue weighted by molar-refractivity contribution is 5.97. The molecule has 118 valence electrons. The summed E-state index contributed by atoms with van der Waals surface area (Å²) in [7, 11) is 5.46. The van der Waals surface area contributed by atoms with E-state index in [1.54, 1.807) is 25.3 Å². The third kappa shape index (κ3) is 3.34. The normalized spacial score (nSPS) is 10.7. The first-order valence-corrected chi connectivity index (χ1v) is 6.70. The molecule has 0 atom stereocenters. The first-order chi connectivity index (χ1) is 10.5. The SMILES string of the molecule is COc1cccc(-c2n[nH]nc2C(N)=O)c1OCCN(C)C. The molecule has 1 amide bonds. The molecule has 2 aromatic rings. The van der Waals surface area contributed by atoms with Crippen molar-refractivity contribution in [1.29, 1.82) is 0 Å². The molecule has 8 heteroatoms. The molecule has 0 spiro atoms. The van der Waals surface area contributed by atoms with Gasteiger partial charge in [-0.25, -0.2) is 0 Å². The Labute approximate surface area is 128 Å². The van der Waals surface area contributed by atoms with Gasteiger partial charge in [0.05, 0.1) is 12.7 Å². The number of methoxy groups -OCH3 is 1. The summed E-state index contributed by atoms with van der Waals surface area (Å²) in [6.07, 6.45) is 0. The monoisotopic (exact) mass is 305 g/mol. The van der Waals surface area contributed by atoms with Gasteiger partial charge in [0.1, 0.15) is 12.3 Å². The average Bonchev–Trinajstić information content (AvgIpc) is 2.96. The van der Waals surface area contributed by atoms with E-state index in [4.69, 9.17) is 15.2 Å². The lowest BCUT2D eigenvalue weighted by molar-refractivity contribution is 0.0996. The Hall–Kier alpha value is -2.61. The molecular weight excluding hydrogens is 286 g/mol. The van der Waals surface area contributed by atoms with Gasteiger partial charge in [0, 0.05) is 6.54 Å². The van der Waals surface area contributed by atoms with Gasteiger partial charge in [-0.15, -0.1) is 0 Å². The van der Waals surface area contributed by atoms with Crippen molar-refractivity contribution in [3.8, 4) is 22.8 Å². The van der Waals surface area contributed by atoms with Crippen LogP contribution in [0.1, 0.15) is 10.5 Å². The molecule has 0 saturated carbocycles. The number of carbonyl (C=O) groups excluding carboxylic acids is 1. The van der Waals surface area contributed by atoms with Crippen molar-refractivity contribution in [3.05, 3.63) is 23.9 Å². The zero-order valence-electron chi connectivity index (χ0n) is 12.8. The van der Waals surface area contributed by atoms with Crippen LogP contribution in [0.5, 0.6) is 11.5 Å². The fraction of sp³-hybridized carbons (Fsp3) is 0.357. The van der Waals surface area contributed by atoms with E-state index >= 15 is 0 Å². The summed E-state index contributed by atoms with van der Waals surface area (Å²) < 4.78 is 11.2. The molecule has 0 fully saturated rings. The van der Waals surface area contributed by atoms with Crippen LogP contribution < -0.4 is 15.2 Å². The van der Waals surface area contributed by atoms with Crippen molar-refractivity contribution >= 4 is 5.91 Å². The van der Waals surface area contributed by atoms with Crippen molar-refractivity contribution in [2.75, 3.05) is 34.4 Å². The fourth-order valence-electron chi connectivity index (χ4n) is 1.93. The quantitative estimate of drug-likeness (QED) is 0.772. The number of carbonyl (C=O) groups is 1. The first kappa shape index (κ1) is 15.8. The van der Waals surface area contributed by atoms with Crippen molar-refractivity contribution in [2.24, 2.45) is 5.73 Å². The van der Waals surface area contributed by atoms with Gasteiger partial charge >= 0.3 is 0 Å². The number of primary amides is 1. The van der Waals surface area contributed by atoms with E-state index in [1.165, 1.54) is 0 Å². The highest BCUT2D eigenvalue weighted by atomic mass is 16.5. The smallest absolute Gasteiger partial charge is 0.271 e. The number of ether oxygens (including phenoxy) is 2. The highest BCUT2D eigenvalue weighted by Crippen LogP contribution is 2.38. The summed E-state index contributed by atoms with van der Waals surface area (Å²) >= 11 is 0. The Morgan fingerprint density at radius 2 is 2.14 bits per heavy atom. The van der Waals surface area contributed by atoms with Crippen molar-refractivity contribution in [2.45, 2.75) is 0 Å². The van der Waals surface area contributed by atoms with Crippen molar-refractivity contribution in [3.63, 3.8) is 0 Å². The van der Waals surface area contributed by atoms with Gasteiger partial charge in [-0.05, 0) is 26.2 Å². The second-order valence-corrected chi connectivity index (χ2v) is 4.87. The molecular formula is C14H19N5O3. The number of nitrogens with zero attached hydrogens (tertiary/aromatic N) is 3. The van der Waals surface area contributed by atoms with Crippen LogP contribution in [0.3, 0.4) is 0 Å². The summed E-state index contributed by atoms with van der Waals surface area (Å²) in [5.74, 6) is 0.392. The van der Waals surface area contributed by atoms with Crippen LogP contribution in [-0.4, -0.2) is 60.6 Å². The second kappa shape index (κ2) is 6.90. The first-order valence-electron chi connectivity index (χ1n) is 6.70. The lowest BCUT2D eigenvalue weighted by Gasteiger charge is -2.16. The van der Waals surface area contributed by atoms with Crippen LogP contribution in [-0.2, 0) is 0 Å². The van der Waals surface area contributed by atoms with E-state index in [9.17, 15) is 4.79 Å². The van der Waals surface area contributed by atoms with E-state index in [-0.39, 0.29) is 5.69 Å². The van der Waals surface area contributed by atoms with E-state index in [0.717, 1.165) is 6.54 Å². The summed E-state index contributed by atoms with van der Waals surface area (Å²) in [6.45, 7) is 1.20. The molecule has 1 heterocycles. The molecule has 22 heavy (non-hydrogen) atoms. The molecule has 0 bridgehead atoms. The molecule has 0 aliphatic heterocycles. The summed E-state index contributed by atoms with van der Waals surface area (Å²) in [5.41, 5.74) is 6.31. The van der Waals surface area contributed by atoms with Gasteiger partial charge in [0.25, 0.3) is 5.91 Å². The zero-order valence-corrected chi connectivity index (χ0v) is 12.8. The third-order valence-electron chi connectivity index (χ3n) is 3.02. The molecule has 1 aromatic heterocycles. The Morgan fingerprint density at radius 1 is 1.36 bits per heavy atom. The molecule has 3 N–H and O–H groups in total. The van der Waals surface area contributed by atoms with Crippen LogP contribution in [0.25, 0.3) is 11.3 Å². The van der Waals surface area contributed by atoms with E-state index in [1.807, 2.05) is 19.0 Å². The van der Waals surface area contributed by atoms with Gasteiger partial charge in [-0.3, -0.25) is 4.79 Å². The van der Waals surface area contributed by atoms with Crippen LogP contribution in [0.2, 0.25) is 0 Å². The minimum absolute atomic E-state index is 0.0608. The lowest BCUT2D eigenvalue weighted by atomic mass is 10.1.